The maximum absolute atomic E-state index is 12.8. The van der Waals surface area contributed by atoms with Gasteiger partial charge in [-0.2, -0.15) is 0 Å². The summed E-state index contributed by atoms with van der Waals surface area (Å²) in [5.74, 6) is -0.304. The lowest BCUT2D eigenvalue weighted by molar-refractivity contribution is -0.115. The average Bonchev–Trinajstić information content (AvgIpc) is 2.78. The van der Waals surface area contributed by atoms with Crippen LogP contribution in [0, 0.1) is 0 Å². The number of aromatic hydroxyl groups is 1. The third kappa shape index (κ3) is 6.93. The molecule has 32 heavy (non-hydrogen) atoms. The molecule has 166 valence electrons. The molecule has 9 heteroatoms. The summed E-state index contributed by atoms with van der Waals surface area (Å²) in [7, 11) is -3.78. The molecule has 0 saturated carbocycles. The van der Waals surface area contributed by atoms with Crippen LogP contribution in [-0.4, -0.2) is 25.1 Å². The second-order valence-corrected chi connectivity index (χ2v) is 8.57. The van der Waals surface area contributed by atoms with Gasteiger partial charge >= 0.3 is 0 Å². The average molecular weight is 454 g/mol. The van der Waals surface area contributed by atoms with Gasteiger partial charge in [0.2, 0.25) is 10.0 Å². The number of nitrogens with zero attached hydrogens (tertiary/aromatic N) is 1. The summed E-state index contributed by atoms with van der Waals surface area (Å²) in [6, 6.07) is 21.8. The Labute approximate surface area is 186 Å². The number of sulfonamides is 1. The molecule has 0 fully saturated rings. The lowest BCUT2D eigenvalue weighted by atomic mass is 10.1. The van der Waals surface area contributed by atoms with Crippen LogP contribution in [0.4, 0.5) is 0 Å². The Kier molecular flexibility index (Phi) is 7.58. The van der Waals surface area contributed by atoms with Crippen LogP contribution >= 0.6 is 0 Å². The van der Waals surface area contributed by atoms with Gasteiger partial charge in [0.1, 0.15) is 18.1 Å². The molecule has 1 amide bonds. The van der Waals surface area contributed by atoms with Crippen molar-refractivity contribution in [3.63, 3.8) is 0 Å². The Morgan fingerprint density at radius 2 is 1.53 bits per heavy atom. The summed E-state index contributed by atoms with van der Waals surface area (Å²) < 4.78 is 22.7. The third-order valence-electron chi connectivity index (χ3n) is 4.52. The van der Waals surface area contributed by atoms with E-state index >= 15 is 0 Å². The summed E-state index contributed by atoms with van der Waals surface area (Å²) in [6.07, 6.45) is 0.200. The molecule has 0 saturated heterocycles. The van der Waals surface area contributed by atoms with E-state index in [2.05, 4.69) is 10.5 Å². The van der Waals surface area contributed by atoms with Crippen molar-refractivity contribution in [2.24, 2.45) is 10.3 Å². The summed E-state index contributed by atoms with van der Waals surface area (Å²) in [4.78, 5) is 18.2. The highest BCUT2D eigenvalue weighted by Crippen LogP contribution is 2.12. The Hall–Kier alpha value is -3.69. The fourth-order valence-corrected chi connectivity index (χ4v) is 3.32. The monoisotopic (exact) mass is 453 g/mol. The van der Waals surface area contributed by atoms with Crippen molar-refractivity contribution >= 4 is 21.6 Å². The number of amides is 1. The van der Waals surface area contributed by atoms with Crippen LogP contribution in [0.15, 0.2) is 88.9 Å². The molecule has 0 aromatic heterocycles. The summed E-state index contributed by atoms with van der Waals surface area (Å²) in [5.41, 5.74) is 2.54. The number of rotatable bonds is 9. The Balaban J connectivity index is 1.68. The number of benzene rings is 3. The molecule has 4 N–H and O–H groups in total. The van der Waals surface area contributed by atoms with Crippen LogP contribution in [0.3, 0.4) is 0 Å². The predicted octanol–water partition coefficient (Wildman–Crippen LogP) is 2.47. The molecule has 8 nitrogen and oxygen atoms in total. The molecule has 0 aliphatic carbocycles. The van der Waals surface area contributed by atoms with Gasteiger partial charge in [-0.15, -0.1) is 0 Å². The largest absolute Gasteiger partial charge is 0.508 e. The molecule has 0 bridgehead atoms. The van der Waals surface area contributed by atoms with Gasteiger partial charge in [0.25, 0.3) is 5.91 Å². The van der Waals surface area contributed by atoms with E-state index in [1.165, 1.54) is 24.3 Å². The molecule has 0 aliphatic heterocycles. The van der Waals surface area contributed by atoms with E-state index < -0.39 is 15.9 Å². The molecule has 0 aliphatic rings. The van der Waals surface area contributed by atoms with E-state index in [-0.39, 0.29) is 35.9 Å². The fraction of sp³-hybridized carbons (Fsp3) is 0.130. The van der Waals surface area contributed by atoms with E-state index in [9.17, 15) is 18.3 Å². The van der Waals surface area contributed by atoms with Crippen LogP contribution < -0.4 is 10.5 Å². The number of nitrogens with one attached hydrogen (secondary N) is 1. The highest BCUT2D eigenvalue weighted by atomic mass is 32.2. The van der Waals surface area contributed by atoms with E-state index in [1.54, 1.807) is 24.3 Å². The summed E-state index contributed by atoms with van der Waals surface area (Å²) >= 11 is 0. The minimum Gasteiger partial charge on any atom is -0.508 e. The normalized spacial score (nSPS) is 11.7. The molecule has 3 aromatic carbocycles. The van der Waals surface area contributed by atoms with Crippen LogP contribution in [0.2, 0.25) is 0 Å². The zero-order valence-corrected chi connectivity index (χ0v) is 18.0. The summed E-state index contributed by atoms with van der Waals surface area (Å²) in [5, 5.41) is 21.4. The molecule has 0 spiro atoms. The Bertz CT molecular complexity index is 1180. The van der Waals surface area contributed by atoms with E-state index in [4.69, 9.17) is 9.98 Å². The number of hydrogen-bond acceptors (Lipinski definition) is 6. The molecule has 0 unspecified atom stereocenters. The topological polar surface area (TPSA) is 131 Å². The van der Waals surface area contributed by atoms with Crippen molar-refractivity contribution in [3.05, 3.63) is 95.6 Å². The number of phenolic OH excluding ortho intramolecular Hbond substituents is 1. The smallest absolute Gasteiger partial charge is 0.269 e. The molecule has 0 radical (unpaired) electrons. The Morgan fingerprint density at radius 3 is 2.16 bits per heavy atom. The van der Waals surface area contributed by atoms with Crippen LogP contribution in [0.1, 0.15) is 16.7 Å². The SMILES string of the molecule is NS(=O)(=O)c1ccc(CNC(=O)/C(Cc2ccc(O)cc2)=N/OCc2ccccc2)cc1. The van der Waals surface area contributed by atoms with Crippen molar-refractivity contribution in [3.8, 4) is 5.75 Å². The number of phenols is 1. The van der Waals surface area contributed by atoms with Crippen molar-refractivity contribution in [2.75, 3.05) is 0 Å². The zero-order valence-electron chi connectivity index (χ0n) is 17.1. The van der Waals surface area contributed by atoms with Gasteiger partial charge in [0.05, 0.1) is 4.90 Å². The second-order valence-electron chi connectivity index (χ2n) is 7.01. The summed E-state index contributed by atoms with van der Waals surface area (Å²) in [6.45, 7) is 0.374. The van der Waals surface area contributed by atoms with Crippen molar-refractivity contribution in [2.45, 2.75) is 24.5 Å². The fourth-order valence-electron chi connectivity index (χ4n) is 2.80. The van der Waals surface area contributed by atoms with E-state index in [1.807, 2.05) is 30.3 Å². The minimum atomic E-state index is -3.78. The standard InChI is InChI=1S/C23H23N3O5S/c24-32(29,30)21-12-8-18(9-13-21)15-25-23(28)22(14-17-6-10-20(27)11-7-17)26-31-16-19-4-2-1-3-5-19/h1-13,27H,14-16H2,(H,25,28)(H2,24,29,30)/b26-22+. The highest BCUT2D eigenvalue weighted by molar-refractivity contribution is 7.89. The van der Waals surface area contributed by atoms with Crippen molar-refractivity contribution in [1.82, 2.24) is 5.32 Å². The van der Waals surface area contributed by atoms with Crippen LogP contribution in [-0.2, 0) is 39.2 Å². The lowest BCUT2D eigenvalue weighted by Gasteiger charge is -2.09. The van der Waals surface area contributed by atoms with Crippen molar-refractivity contribution in [1.29, 1.82) is 0 Å². The zero-order chi connectivity index (χ0) is 23.0. The third-order valence-corrected chi connectivity index (χ3v) is 5.45. The van der Waals surface area contributed by atoms with Gasteiger partial charge in [-0.05, 0) is 41.0 Å². The number of oxime groups is 1. The van der Waals surface area contributed by atoms with Gasteiger partial charge in [0, 0.05) is 13.0 Å². The molecular weight excluding hydrogens is 430 g/mol. The van der Waals surface area contributed by atoms with Gasteiger partial charge in [-0.1, -0.05) is 59.8 Å². The highest BCUT2D eigenvalue weighted by Gasteiger charge is 2.14. The van der Waals surface area contributed by atoms with Gasteiger partial charge in [0.15, 0.2) is 0 Å². The van der Waals surface area contributed by atoms with Gasteiger partial charge in [-0.25, -0.2) is 13.6 Å². The van der Waals surface area contributed by atoms with E-state index in [0.717, 1.165) is 11.1 Å². The molecule has 0 heterocycles. The first-order chi connectivity index (χ1) is 15.3. The first-order valence-corrected chi connectivity index (χ1v) is 11.3. The quantitative estimate of drug-likeness (QED) is 0.338. The molecule has 0 atom stereocenters. The molecule has 3 rings (SSSR count). The number of primary sulfonamides is 1. The first-order valence-electron chi connectivity index (χ1n) is 9.72. The minimum absolute atomic E-state index is 0.00327. The van der Waals surface area contributed by atoms with Crippen molar-refractivity contribution < 1.29 is 23.2 Å². The first kappa shape index (κ1) is 23.0. The Morgan fingerprint density at radius 1 is 0.906 bits per heavy atom. The number of carbonyl (C=O) groups is 1. The second kappa shape index (κ2) is 10.6. The lowest BCUT2D eigenvalue weighted by Crippen LogP contribution is -2.32. The van der Waals surface area contributed by atoms with E-state index in [0.29, 0.717) is 5.56 Å². The molecule has 3 aromatic rings. The molecular formula is C23H23N3O5S. The maximum Gasteiger partial charge on any atom is 0.269 e. The van der Waals surface area contributed by atoms with Gasteiger partial charge < -0.3 is 15.3 Å². The maximum atomic E-state index is 12.8. The van der Waals surface area contributed by atoms with Gasteiger partial charge in [-0.3, -0.25) is 4.79 Å². The number of nitrogens with two attached hydrogens (primary N) is 1. The number of carbonyl (C=O) groups excluding carboxylic acids is 1. The van der Waals surface area contributed by atoms with Crippen LogP contribution in [0.5, 0.6) is 5.75 Å². The predicted molar refractivity (Wildman–Crippen MR) is 120 cm³/mol. The number of hydrogen-bond donors (Lipinski definition) is 3. The van der Waals surface area contributed by atoms with Crippen LogP contribution in [0.25, 0.3) is 0 Å².